The van der Waals surface area contributed by atoms with Crippen LogP contribution in [0.15, 0.2) is 78.9 Å². The molecule has 0 saturated carbocycles. The third-order valence-corrected chi connectivity index (χ3v) is 6.75. The summed E-state index contributed by atoms with van der Waals surface area (Å²) in [6.45, 7) is 5.75. The van der Waals surface area contributed by atoms with E-state index in [-0.39, 0.29) is 11.5 Å². The van der Waals surface area contributed by atoms with E-state index in [1.807, 2.05) is 0 Å². The van der Waals surface area contributed by atoms with Crippen LogP contribution >= 0.6 is 0 Å². The molecule has 0 amide bonds. The third-order valence-electron chi connectivity index (χ3n) is 6.75. The second-order valence-electron chi connectivity index (χ2n) is 8.44. The lowest BCUT2D eigenvalue weighted by Gasteiger charge is -2.34. The van der Waals surface area contributed by atoms with Gasteiger partial charge in [0.15, 0.2) is 0 Å². The van der Waals surface area contributed by atoms with E-state index in [4.69, 9.17) is 0 Å². The highest BCUT2D eigenvalue weighted by Crippen LogP contribution is 2.50. The van der Waals surface area contributed by atoms with Crippen molar-refractivity contribution in [3.05, 3.63) is 95.6 Å². The minimum atomic E-state index is 0.198. The Balaban J connectivity index is 1.89. The fourth-order valence-electron chi connectivity index (χ4n) is 4.88. The lowest BCUT2D eigenvalue weighted by atomic mass is 9.77. The smallest absolute Gasteiger partial charge is 0.0796 e. The number of fused-ring (bicyclic) bond motifs is 1. The Kier molecular flexibility index (Phi) is 5.36. The van der Waals surface area contributed by atoms with E-state index >= 15 is 0 Å². The van der Waals surface area contributed by atoms with Gasteiger partial charge >= 0.3 is 0 Å². The van der Waals surface area contributed by atoms with Crippen LogP contribution in [0.25, 0.3) is 0 Å². The number of hydrogen-bond acceptors (Lipinski definition) is 2. The summed E-state index contributed by atoms with van der Waals surface area (Å²) in [5.41, 5.74) is 7.08. The number of nitrogens with zero attached hydrogens (tertiary/aromatic N) is 2. The average Bonchev–Trinajstić information content (AvgIpc) is 3.09. The van der Waals surface area contributed by atoms with Crippen LogP contribution in [0.5, 0.6) is 0 Å². The van der Waals surface area contributed by atoms with Crippen molar-refractivity contribution in [2.75, 3.05) is 30.4 Å². The molecule has 2 nitrogen and oxygen atoms in total. The minimum absolute atomic E-state index is 0.198. The SMILES string of the molecule is CCC1(CC)CN(C(c2ccccc2)c2ccccc2)c2ccc(N(C)C)cc21. The Morgan fingerprint density at radius 3 is 1.86 bits per heavy atom. The second kappa shape index (κ2) is 7.94. The Labute approximate surface area is 175 Å². The Morgan fingerprint density at radius 2 is 1.38 bits per heavy atom. The van der Waals surface area contributed by atoms with Crippen LogP contribution in [0.2, 0.25) is 0 Å². The number of benzene rings is 3. The van der Waals surface area contributed by atoms with Crippen molar-refractivity contribution in [3.8, 4) is 0 Å². The molecule has 0 atom stereocenters. The van der Waals surface area contributed by atoms with Crippen LogP contribution in [-0.4, -0.2) is 20.6 Å². The lowest BCUT2D eigenvalue weighted by molar-refractivity contribution is 0.414. The van der Waals surface area contributed by atoms with Crippen LogP contribution in [0.4, 0.5) is 11.4 Å². The van der Waals surface area contributed by atoms with E-state index in [0.717, 1.165) is 19.4 Å². The molecule has 0 bridgehead atoms. The van der Waals surface area contributed by atoms with Gasteiger partial charge in [0.25, 0.3) is 0 Å². The van der Waals surface area contributed by atoms with Gasteiger partial charge in [0.05, 0.1) is 6.04 Å². The summed E-state index contributed by atoms with van der Waals surface area (Å²) in [4.78, 5) is 4.86. The van der Waals surface area contributed by atoms with Crippen LogP contribution < -0.4 is 9.80 Å². The van der Waals surface area contributed by atoms with Crippen molar-refractivity contribution in [2.24, 2.45) is 0 Å². The van der Waals surface area contributed by atoms with Crippen molar-refractivity contribution in [3.63, 3.8) is 0 Å². The summed E-state index contributed by atoms with van der Waals surface area (Å²) in [5.74, 6) is 0. The van der Waals surface area contributed by atoms with Crippen LogP contribution in [0.3, 0.4) is 0 Å². The van der Waals surface area contributed by atoms with Crippen LogP contribution in [-0.2, 0) is 5.41 Å². The highest BCUT2D eigenvalue weighted by molar-refractivity contribution is 5.70. The van der Waals surface area contributed by atoms with Gasteiger partial charge in [-0.25, -0.2) is 0 Å². The molecule has 0 aromatic heterocycles. The maximum Gasteiger partial charge on any atom is 0.0796 e. The first kappa shape index (κ1) is 19.6. The molecule has 3 aromatic carbocycles. The van der Waals surface area contributed by atoms with Gasteiger partial charge in [-0.3, -0.25) is 0 Å². The van der Waals surface area contributed by atoms with E-state index < -0.39 is 0 Å². The maximum atomic E-state index is 2.65. The third kappa shape index (κ3) is 3.42. The summed E-state index contributed by atoms with van der Waals surface area (Å²) >= 11 is 0. The van der Waals surface area contributed by atoms with Gasteiger partial charge in [0, 0.05) is 37.4 Å². The van der Waals surface area contributed by atoms with Crippen molar-refractivity contribution >= 4 is 11.4 Å². The predicted octanol–water partition coefficient (Wildman–Crippen LogP) is 6.42. The molecule has 2 heteroatoms. The summed E-state index contributed by atoms with van der Waals surface area (Å²) < 4.78 is 0. The Bertz CT molecular complexity index is 903. The number of rotatable bonds is 6. The van der Waals surface area contributed by atoms with E-state index in [9.17, 15) is 0 Å². The molecule has 0 unspecified atom stereocenters. The zero-order chi connectivity index (χ0) is 20.4. The van der Waals surface area contributed by atoms with Gasteiger partial charge in [-0.1, -0.05) is 74.5 Å². The zero-order valence-corrected chi connectivity index (χ0v) is 18.1. The molecule has 0 fully saturated rings. The van der Waals surface area contributed by atoms with Gasteiger partial charge in [-0.15, -0.1) is 0 Å². The van der Waals surface area contributed by atoms with Gasteiger partial charge in [-0.2, -0.15) is 0 Å². The molecule has 0 radical (unpaired) electrons. The van der Waals surface area contributed by atoms with Gasteiger partial charge in [0.1, 0.15) is 0 Å². The summed E-state index contributed by atoms with van der Waals surface area (Å²) in [6, 6.07) is 29.2. The molecule has 0 N–H and O–H groups in total. The minimum Gasteiger partial charge on any atom is -0.378 e. The first-order valence-corrected chi connectivity index (χ1v) is 10.8. The first-order chi connectivity index (χ1) is 14.1. The Morgan fingerprint density at radius 1 is 0.828 bits per heavy atom. The molecule has 4 rings (SSSR count). The molecule has 0 spiro atoms. The molecule has 29 heavy (non-hydrogen) atoms. The Hall–Kier alpha value is -2.74. The highest BCUT2D eigenvalue weighted by Gasteiger charge is 2.43. The summed E-state index contributed by atoms with van der Waals surface area (Å²) in [7, 11) is 4.26. The zero-order valence-electron chi connectivity index (χ0n) is 18.1. The molecular weight excluding hydrogens is 352 g/mol. The van der Waals surface area contributed by atoms with E-state index in [1.165, 1.54) is 28.1 Å². The standard InChI is InChI=1S/C27H32N2/c1-5-27(6-2)20-29(25-18-17-23(28(3)4)19-24(25)27)26(21-13-9-7-10-14-21)22-15-11-8-12-16-22/h7-19,26H,5-6,20H2,1-4H3. The molecule has 1 aliphatic rings. The van der Waals surface area contributed by atoms with Crippen molar-refractivity contribution in [1.82, 2.24) is 0 Å². The predicted molar refractivity (Wildman–Crippen MR) is 125 cm³/mol. The second-order valence-corrected chi connectivity index (χ2v) is 8.44. The van der Waals surface area contributed by atoms with Gasteiger partial charge in [0.2, 0.25) is 0 Å². The van der Waals surface area contributed by atoms with E-state index in [0.29, 0.717) is 0 Å². The normalized spacial score (nSPS) is 14.9. The number of hydrogen-bond donors (Lipinski definition) is 0. The maximum absolute atomic E-state index is 2.65. The largest absolute Gasteiger partial charge is 0.378 e. The monoisotopic (exact) mass is 384 g/mol. The van der Waals surface area contributed by atoms with E-state index in [2.05, 4.69) is 117 Å². The van der Waals surface area contributed by atoms with Crippen molar-refractivity contribution in [1.29, 1.82) is 0 Å². The molecule has 3 aromatic rings. The molecule has 1 aliphatic heterocycles. The highest BCUT2D eigenvalue weighted by atomic mass is 15.2. The van der Waals surface area contributed by atoms with E-state index in [1.54, 1.807) is 0 Å². The molecule has 0 aliphatic carbocycles. The molecule has 0 saturated heterocycles. The molecule has 1 heterocycles. The average molecular weight is 385 g/mol. The number of anilines is 2. The topological polar surface area (TPSA) is 6.48 Å². The lowest BCUT2D eigenvalue weighted by Crippen LogP contribution is -2.35. The van der Waals surface area contributed by atoms with Crippen LogP contribution in [0.1, 0.15) is 49.4 Å². The first-order valence-electron chi connectivity index (χ1n) is 10.8. The quantitative estimate of drug-likeness (QED) is 0.484. The fourth-order valence-corrected chi connectivity index (χ4v) is 4.88. The molecule has 150 valence electrons. The van der Waals surface area contributed by atoms with Crippen molar-refractivity contribution < 1.29 is 0 Å². The molecular formula is C27H32N2. The summed E-state index contributed by atoms with van der Waals surface area (Å²) in [6.07, 6.45) is 2.31. The van der Waals surface area contributed by atoms with Gasteiger partial charge < -0.3 is 9.80 Å². The summed E-state index contributed by atoms with van der Waals surface area (Å²) in [5, 5.41) is 0. The van der Waals surface area contributed by atoms with Crippen molar-refractivity contribution in [2.45, 2.75) is 38.1 Å². The van der Waals surface area contributed by atoms with Gasteiger partial charge in [-0.05, 0) is 47.7 Å². The van der Waals surface area contributed by atoms with Crippen LogP contribution in [0, 0.1) is 0 Å². The fraction of sp³-hybridized carbons (Fsp3) is 0.333.